The van der Waals surface area contributed by atoms with Crippen molar-refractivity contribution >= 4 is 57.5 Å². The lowest BCUT2D eigenvalue weighted by Crippen LogP contribution is -2.27. The molecule has 0 aliphatic heterocycles. The normalized spacial score (nSPS) is 12.1. The van der Waals surface area contributed by atoms with E-state index in [1.54, 1.807) is 35.8 Å². The van der Waals surface area contributed by atoms with Gasteiger partial charge < -0.3 is 5.32 Å². The number of amides is 1. The fourth-order valence-corrected chi connectivity index (χ4v) is 4.18. The summed E-state index contributed by atoms with van der Waals surface area (Å²) in [6, 6.07) is 12.2. The van der Waals surface area contributed by atoms with Crippen LogP contribution in [0.15, 0.2) is 52.4 Å². The lowest BCUT2D eigenvalue weighted by molar-refractivity contribution is -0.115. The highest BCUT2D eigenvalue weighted by atomic mass is 35.5. The van der Waals surface area contributed by atoms with Crippen LogP contribution in [0.2, 0.25) is 10.0 Å². The lowest BCUT2D eigenvalue weighted by atomic mass is 10.2. The van der Waals surface area contributed by atoms with Crippen LogP contribution in [0, 0.1) is 0 Å². The van der Waals surface area contributed by atoms with E-state index in [1.807, 2.05) is 18.2 Å². The second kappa shape index (κ2) is 9.65. The van der Waals surface area contributed by atoms with Crippen molar-refractivity contribution in [3.05, 3.63) is 62.9 Å². The topological polar surface area (TPSA) is 64.0 Å². The summed E-state index contributed by atoms with van der Waals surface area (Å²) in [7, 11) is 0. The summed E-state index contributed by atoms with van der Waals surface area (Å²) in [5.74, 6) is -0.233. The Morgan fingerprint density at radius 2 is 2.00 bits per heavy atom. The van der Waals surface area contributed by atoms with Crippen LogP contribution in [-0.2, 0) is 11.3 Å². The number of hydrogen-bond donors (Lipinski definition) is 1. The summed E-state index contributed by atoms with van der Waals surface area (Å²) in [4.78, 5) is 30.3. The number of halogens is 2. The summed E-state index contributed by atoms with van der Waals surface area (Å²) >= 11 is 13.3. The van der Waals surface area contributed by atoms with Crippen molar-refractivity contribution in [3.63, 3.8) is 0 Å². The third-order valence-electron chi connectivity index (χ3n) is 4.40. The van der Waals surface area contributed by atoms with Crippen LogP contribution in [0.25, 0.3) is 10.9 Å². The number of fused-ring (bicyclic) bond motifs is 1. The number of rotatable bonds is 7. The van der Waals surface area contributed by atoms with Crippen LogP contribution < -0.4 is 10.9 Å². The third kappa shape index (κ3) is 5.13. The SMILES string of the molecule is CCCCn1c(SC(C)C(=O)Nc2ccc(Cl)cc2Cl)nc2ccccc2c1=O. The molecule has 1 heterocycles. The first kappa shape index (κ1) is 21.7. The van der Waals surface area contributed by atoms with E-state index < -0.39 is 5.25 Å². The average molecular weight is 450 g/mol. The Balaban J connectivity index is 1.87. The van der Waals surface area contributed by atoms with Crippen LogP contribution in [0.4, 0.5) is 5.69 Å². The second-order valence-corrected chi connectivity index (χ2v) is 8.75. The minimum atomic E-state index is -0.484. The third-order valence-corrected chi connectivity index (χ3v) is 6.04. The first-order valence-electron chi connectivity index (χ1n) is 9.33. The molecular formula is C21H21Cl2N3O2S. The number of hydrogen-bond acceptors (Lipinski definition) is 4. The molecule has 0 saturated heterocycles. The van der Waals surface area contributed by atoms with Gasteiger partial charge in [0.2, 0.25) is 5.91 Å². The van der Waals surface area contributed by atoms with E-state index in [9.17, 15) is 9.59 Å². The van der Waals surface area contributed by atoms with Crippen molar-refractivity contribution in [2.45, 2.75) is 43.6 Å². The smallest absolute Gasteiger partial charge is 0.262 e. The van der Waals surface area contributed by atoms with Gasteiger partial charge in [0.05, 0.1) is 26.9 Å². The predicted octanol–water partition coefficient (Wildman–Crippen LogP) is 5.62. The van der Waals surface area contributed by atoms with E-state index in [4.69, 9.17) is 23.2 Å². The molecule has 0 fully saturated rings. The van der Waals surface area contributed by atoms with Crippen LogP contribution in [-0.4, -0.2) is 20.7 Å². The molecule has 1 atom stereocenters. The predicted molar refractivity (Wildman–Crippen MR) is 121 cm³/mol. The van der Waals surface area contributed by atoms with E-state index in [0.29, 0.717) is 38.3 Å². The summed E-state index contributed by atoms with van der Waals surface area (Å²) in [5.41, 5.74) is 1.03. The molecule has 2 aromatic carbocycles. The molecule has 0 saturated carbocycles. The van der Waals surface area contributed by atoms with Gasteiger partial charge in [0.15, 0.2) is 5.16 Å². The van der Waals surface area contributed by atoms with Gasteiger partial charge in [-0.1, -0.05) is 60.4 Å². The maximum Gasteiger partial charge on any atom is 0.262 e. The summed E-state index contributed by atoms with van der Waals surface area (Å²) in [6.07, 6.45) is 1.81. The Bertz CT molecular complexity index is 1100. The summed E-state index contributed by atoms with van der Waals surface area (Å²) in [6.45, 7) is 4.40. The van der Waals surface area contributed by atoms with Crippen LogP contribution in [0.5, 0.6) is 0 Å². The highest BCUT2D eigenvalue weighted by Gasteiger charge is 2.20. The molecule has 0 aliphatic carbocycles. The highest BCUT2D eigenvalue weighted by molar-refractivity contribution is 8.00. The molecule has 0 radical (unpaired) electrons. The molecule has 152 valence electrons. The van der Waals surface area contributed by atoms with Crippen molar-refractivity contribution in [2.75, 3.05) is 5.32 Å². The van der Waals surface area contributed by atoms with Crippen molar-refractivity contribution in [2.24, 2.45) is 0 Å². The van der Waals surface area contributed by atoms with Gasteiger partial charge in [-0.05, 0) is 43.7 Å². The number of thioether (sulfide) groups is 1. The van der Waals surface area contributed by atoms with Gasteiger partial charge in [0, 0.05) is 11.6 Å². The Morgan fingerprint density at radius 1 is 1.24 bits per heavy atom. The highest BCUT2D eigenvalue weighted by Crippen LogP contribution is 2.28. The summed E-state index contributed by atoms with van der Waals surface area (Å²) < 4.78 is 1.66. The molecule has 1 amide bonds. The molecule has 1 N–H and O–H groups in total. The summed E-state index contributed by atoms with van der Waals surface area (Å²) in [5, 5.41) is 4.30. The molecule has 5 nitrogen and oxygen atoms in total. The second-order valence-electron chi connectivity index (χ2n) is 6.60. The van der Waals surface area contributed by atoms with Crippen LogP contribution in [0.3, 0.4) is 0 Å². The Hall–Kier alpha value is -2.02. The standard InChI is InChI=1S/C21H21Cl2N3O2S/c1-3-4-11-26-20(28)15-7-5-6-8-17(15)25-21(26)29-13(2)19(27)24-18-10-9-14(22)12-16(18)23/h5-10,12-13H,3-4,11H2,1-2H3,(H,24,27). The van der Waals surface area contributed by atoms with Crippen LogP contribution in [0.1, 0.15) is 26.7 Å². The van der Waals surface area contributed by atoms with Crippen molar-refractivity contribution in [1.29, 1.82) is 0 Å². The van der Waals surface area contributed by atoms with E-state index in [0.717, 1.165) is 12.8 Å². The van der Waals surface area contributed by atoms with Crippen molar-refractivity contribution in [1.82, 2.24) is 9.55 Å². The zero-order valence-electron chi connectivity index (χ0n) is 16.1. The molecule has 0 aliphatic rings. The van der Waals surface area contributed by atoms with Gasteiger partial charge in [0.25, 0.3) is 5.56 Å². The largest absolute Gasteiger partial charge is 0.324 e. The first-order chi connectivity index (χ1) is 13.9. The molecule has 0 bridgehead atoms. The molecule has 1 unspecified atom stereocenters. The van der Waals surface area contributed by atoms with Gasteiger partial charge >= 0.3 is 0 Å². The number of aromatic nitrogens is 2. The number of benzene rings is 2. The van der Waals surface area contributed by atoms with Crippen molar-refractivity contribution < 1.29 is 4.79 Å². The van der Waals surface area contributed by atoms with E-state index in [-0.39, 0.29) is 11.5 Å². The number of nitrogens with zero attached hydrogens (tertiary/aromatic N) is 2. The molecule has 3 aromatic rings. The zero-order valence-corrected chi connectivity index (χ0v) is 18.4. The van der Waals surface area contributed by atoms with Crippen molar-refractivity contribution in [3.8, 4) is 0 Å². The number of unbranched alkanes of at least 4 members (excludes halogenated alkanes) is 1. The number of carbonyl (C=O) groups is 1. The minimum Gasteiger partial charge on any atom is -0.324 e. The number of nitrogens with one attached hydrogen (secondary N) is 1. The number of para-hydroxylation sites is 1. The quantitative estimate of drug-likeness (QED) is 0.375. The van der Waals surface area contributed by atoms with Crippen LogP contribution >= 0.6 is 35.0 Å². The van der Waals surface area contributed by atoms with Gasteiger partial charge in [0.1, 0.15) is 0 Å². The molecular weight excluding hydrogens is 429 g/mol. The number of anilines is 1. The molecule has 29 heavy (non-hydrogen) atoms. The molecule has 8 heteroatoms. The average Bonchev–Trinajstić information content (AvgIpc) is 2.70. The first-order valence-corrected chi connectivity index (χ1v) is 11.0. The molecule has 0 spiro atoms. The number of carbonyl (C=O) groups excluding carboxylic acids is 1. The fraction of sp³-hybridized carbons (Fsp3) is 0.286. The van der Waals surface area contributed by atoms with E-state index >= 15 is 0 Å². The van der Waals surface area contributed by atoms with Gasteiger partial charge in [-0.25, -0.2) is 4.98 Å². The monoisotopic (exact) mass is 449 g/mol. The maximum absolute atomic E-state index is 13.0. The van der Waals surface area contributed by atoms with E-state index in [2.05, 4.69) is 17.2 Å². The minimum absolute atomic E-state index is 0.0834. The van der Waals surface area contributed by atoms with E-state index in [1.165, 1.54) is 11.8 Å². The Kier molecular flexibility index (Phi) is 7.22. The maximum atomic E-state index is 13.0. The van der Waals surface area contributed by atoms with Gasteiger partial charge in [-0.3, -0.25) is 14.2 Å². The molecule has 3 rings (SSSR count). The Morgan fingerprint density at radius 3 is 2.72 bits per heavy atom. The van der Waals surface area contributed by atoms with Gasteiger partial charge in [-0.15, -0.1) is 0 Å². The lowest BCUT2D eigenvalue weighted by Gasteiger charge is -2.16. The molecule has 1 aromatic heterocycles. The van der Waals surface area contributed by atoms with Gasteiger partial charge in [-0.2, -0.15) is 0 Å². The fourth-order valence-electron chi connectivity index (χ4n) is 2.79. The Labute approximate surface area is 183 Å². The zero-order chi connectivity index (χ0) is 21.0.